The van der Waals surface area contributed by atoms with Gasteiger partial charge < -0.3 is 20.1 Å². The number of carbonyl (C=O) groups excluding carboxylic acids is 1. The summed E-state index contributed by atoms with van der Waals surface area (Å²) < 4.78 is 6.29. The van der Waals surface area contributed by atoms with E-state index in [0.29, 0.717) is 32.8 Å². The van der Waals surface area contributed by atoms with E-state index < -0.39 is 5.97 Å². The smallest absolute Gasteiger partial charge is 0.358 e. The molecule has 0 spiro atoms. The number of methoxy groups -OCH3 is 1. The molecule has 1 rings (SSSR count). The predicted octanol–water partition coefficient (Wildman–Crippen LogP) is -0.180. The summed E-state index contributed by atoms with van der Waals surface area (Å²) >= 11 is 0. The van der Waals surface area contributed by atoms with Gasteiger partial charge in [-0.2, -0.15) is 0 Å². The van der Waals surface area contributed by atoms with Crippen LogP contribution in [0.25, 0.3) is 0 Å². The van der Waals surface area contributed by atoms with Crippen molar-refractivity contribution in [3.05, 3.63) is 24.5 Å². The van der Waals surface area contributed by atoms with Crippen molar-refractivity contribution in [1.29, 1.82) is 0 Å². The normalized spacial score (nSPS) is 10.1. The van der Waals surface area contributed by atoms with Gasteiger partial charge in [-0.05, 0) is 0 Å². The third-order valence-corrected chi connectivity index (χ3v) is 2.58. The zero-order valence-corrected chi connectivity index (χ0v) is 11.9. The summed E-state index contributed by atoms with van der Waals surface area (Å²) in [7, 11) is 1.56. The minimum Gasteiger partial charge on any atom is -0.476 e. The van der Waals surface area contributed by atoms with E-state index in [2.05, 4.69) is 22.2 Å². The molecule has 0 radical (unpaired) electrons. The number of carboxylic acids is 1. The number of urea groups is 1. The molecule has 1 aromatic rings. The van der Waals surface area contributed by atoms with Gasteiger partial charge in [0.05, 0.1) is 19.3 Å². The van der Waals surface area contributed by atoms with Gasteiger partial charge in [-0.1, -0.05) is 11.3 Å². The summed E-state index contributed by atoms with van der Waals surface area (Å²) in [5, 5.41) is 18.6. The zero-order chi connectivity index (χ0) is 15.7. The van der Waals surface area contributed by atoms with Gasteiger partial charge >= 0.3 is 12.0 Å². The second-order valence-corrected chi connectivity index (χ2v) is 4.13. The standard InChI is InChI=1S/C12H19N5O4/c1-3-5-16(7-8-21-2)12(20)13-4-6-17-9-10(11(18)19)14-15-17/h3,9H,1,4-8H2,2H3,(H,13,20)(H,18,19). The molecule has 0 aromatic carbocycles. The fourth-order valence-electron chi connectivity index (χ4n) is 1.53. The quantitative estimate of drug-likeness (QED) is 0.612. The van der Waals surface area contributed by atoms with E-state index in [4.69, 9.17) is 9.84 Å². The lowest BCUT2D eigenvalue weighted by atomic mass is 10.4. The highest BCUT2D eigenvalue weighted by Crippen LogP contribution is 1.93. The van der Waals surface area contributed by atoms with Crippen LogP contribution < -0.4 is 5.32 Å². The van der Waals surface area contributed by atoms with Crippen LogP contribution in [0.5, 0.6) is 0 Å². The van der Waals surface area contributed by atoms with Crippen LogP contribution in [-0.2, 0) is 11.3 Å². The van der Waals surface area contributed by atoms with Gasteiger partial charge in [0.15, 0.2) is 5.69 Å². The number of aromatic carboxylic acids is 1. The van der Waals surface area contributed by atoms with Gasteiger partial charge in [0.1, 0.15) is 0 Å². The molecule has 9 nitrogen and oxygen atoms in total. The molecule has 1 aromatic heterocycles. The Bertz CT molecular complexity index is 488. The van der Waals surface area contributed by atoms with Crippen molar-refractivity contribution >= 4 is 12.0 Å². The van der Waals surface area contributed by atoms with Gasteiger partial charge in [0.25, 0.3) is 0 Å². The van der Waals surface area contributed by atoms with Crippen molar-refractivity contribution < 1.29 is 19.4 Å². The molecule has 0 fully saturated rings. The molecular weight excluding hydrogens is 278 g/mol. The van der Waals surface area contributed by atoms with Gasteiger partial charge in [-0.15, -0.1) is 11.7 Å². The second-order valence-electron chi connectivity index (χ2n) is 4.13. The minimum absolute atomic E-state index is 0.130. The van der Waals surface area contributed by atoms with Gasteiger partial charge in [0.2, 0.25) is 0 Å². The molecule has 0 bridgehead atoms. The Kier molecular flexibility index (Phi) is 6.88. The number of carboxylic acid groups (broad SMARTS) is 1. The first kappa shape index (κ1) is 16.6. The van der Waals surface area contributed by atoms with Crippen molar-refractivity contribution in [2.24, 2.45) is 0 Å². The Morgan fingerprint density at radius 3 is 2.95 bits per heavy atom. The van der Waals surface area contributed by atoms with Crippen LogP contribution in [0, 0.1) is 0 Å². The summed E-state index contributed by atoms with van der Waals surface area (Å²) in [6, 6.07) is -0.245. The van der Waals surface area contributed by atoms with Crippen LogP contribution in [0.1, 0.15) is 10.5 Å². The van der Waals surface area contributed by atoms with E-state index in [0.717, 1.165) is 0 Å². The molecule has 2 amide bonds. The first-order valence-corrected chi connectivity index (χ1v) is 6.34. The molecule has 21 heavy (non-hydrogen) atoms. The topological polar surface area (TPSA) is 110 Å². The third-order valence-electron chi connectivity index (χ3n) is 2.58. The number of carbonyl (C=O) groups is 2. The van der Waals surface area contributed by atoms with Gasteiger partial charge in [0, 0.05) is 26.7 Å². The first-order valence-electron chi connectivity index (χ1n) is 6.34. The molecule has 1 heterocycles. The molecule has 0 aliphatic carbocycles. The Morgan fingerprint density at radius 1 is 1.62 bits per heavy atom. The van der Waals surface area contributed by atoms with Crippen LogP contribution in [0.15, 0.2) is 18.9 Å². The van der Waals surface area contributed by atoms with E-state index in [1.807, 2.05) is 0 Å². The summed E-state index contributed by atoms with van der Waals surface area (Å²) in [5.74, 6) is -1.14. The van der Waals surface area contributed by atoms with E-state index in [1.165, 1.54) is 10.9 Å². The maximum atomic E-state index is 11.9. The minimum atomic E-state index is -1.14. The fraction of sp³-hybridized carbons (Fsp3) is 0.500. The molecule has 9 heteroatoms. The van der Waals surface area contributed by atoms with Gasteiger partial charge in [-0.3, -0.25) is 0 Å². The van der Waals surface area contributed by atoms with Gasteiger partial charge in [-0.25, -0.2) is 14.3 Å². The SMILES string of the molecule is C=CCN(CCOC)C(=O)NCCn1cc(C(=O)O)nn1. The third kappa shape index (κ3) is 5.61. The van der Waals surface area contributed by atoms with Crippen molar-refractivity contribution in [1.82, 2.24) is 25.2 Å². The number of hydrogen-bond acceptors (Lipinski definition) is 5. The summed E-state index contributed by atoms with van der Waals surface area (Å²) in [6.45, 7) is 5.55. The van der Waals surface area contributed by atoms with E-state index in [9.17, 15) is 9.59 Å². The van der Waals surface area contributed by atoms with Crippen molar-refractivity contribution in [2.75, 3.05) is 33.4 Å². The van der Waals surface area contributed by atoms with E-state index in [1.54, 1.807) is 18.1 Å². The fourth-order valence-corrected chi connectivity index (χ4v) is 1.53. The summed E-state index contributed by atoms with van der Waals surface area (Å²) in [6.07, 6.45) is 2.94. The number of nitrogens with zero attached hydrogens (tertiary/aromatic N) is 4. The monoisotopic (exact) mass is 297 g/mol. The Morgan fingerprint density at radius 2 is 2.38 bits per heavy atom. The van der Waals surface area contributed by atoms with Crippen LogP contribution >= 0.6 is 0 Å². The molecular formula is C12H19N5O4. The van der Waals surface area contributed by atoms with Crippen molar-refractivity contribution in [3.63, 3.8) is 0 Å². The first-order chi connectivity index (χ1) is 10.1. The number of rotatable bonds is 9. The van der Waals surface area contributed by atoms with Crippen LogP contribution in [0.2, 0.25) is 0 Å². The second kappa shape index (κ2) is 8.69. The lowest BCUT2D eigenvalue weighted by Gasteiger charge is -2.21. The zero-order valence-electron chi connectivity index (χ0n) is 11.9. The summed E-state index contributed by atoms with van der Waals surface area (Å²) in [5.41, 5.74) is -0.130. The molecule has 0 aliphatic heterocycles. The van der Waals surface area contributed by atoms with Crippen LogP contribution in [0.4, 0.5) is 4.79 Å². The number of ether oxygens (including phenoxy) is 1. The highest BCUT2D eigenvalue weighted by atomic mass is 16.5. The molecule has 0 atom stereocenters. The van der Waals surface area contributed by atoms with Crippen LogP contribution in [-0.4, -0.2) is 70.4 Å². The maximum Gasteiger partial charge on any atom is 0.358 e. The molecule has 0 saturated heterocycles. The molecule has 0 saturated carbocycles. The number of amides is 2. The average molecular weight is 297 g/mol. The van der Waals surface area contributed by atoms with Crippen molar-refractivity contribution in [3.8, 4) is 0 Å². The Labute approximate surface area is 122 Å². The van der Waals surface area contributed by atoms with Crippen molar-refractivity contribution in [2.45, 2.75) is 6.54 Å². The highest BCUT2D eigenvalue weighted by molar-refractivity contribution is 5.84. The van der Waals surface area contributed by atoms with E-state index in [-0.39, 0.29) is 11.7 Å². The lowest BCUT2D eigenvalue weighted by Crippen LogP contribution is -2.42. The molecule has 2 N–H and O–H groups in total. The van der Waals surface area contributed by atoms with Crippen LogP contribution in [0.3, 0.4) is 0 Å². The lowest BCUT2D eigenvalue weighted by molar-refractivity contribution is 0.0690. The number of nitrogens with one attached hydrogen (secondary N) is 1. The maximum absolute atomic E-state index is 11.9. The Balaban J connectivity index is 2.39. The molecule has 116 valence electrons. The molecule has 0 unspecified atom stereocenters. The average Bonchev–Trinajstić information content (AvgIpc) is 2.92. The van der Waals surface area contributed by atoms with E-state index >= 15 is 0 Å². The largest absolute Gasteiger partial charge is 0.476 e. The summed E-state index contributed by atoms with van der Waals surface area (Å²) in [4.78, 5) is 24.1. The number of hydrogen-bond donors (Lipinski definition) is 2. The predicted molar refractivity (Wildman–Crippen MR) is 74.0 cm³/mol. The molecule has 0 aliphatic rings. The highest BCUT2D eigenvalue weighted by Gasteiger charge is 2.11. The number of aromatic nitrogens is 3. The Hall–Kier alpha value is -2.42.